The summed E-state index contributed by atoms with van der Waals surface area (Å²) in [7, 11) is 3.38. The Bertz CT molecular complexity index is 1420. The summed E-state index contributed by atoms with van der Waals surface area (Å²) in [4.78, 5) is 0. The lowest BCUT2D eigenvalue weighted by Gasteiger charge is -2.21. The quantitative estimate of drug-likeness (QED) is 0.346. The Balaban J connectivity index is 0.00000241. The summed E-state index contributed by atoms with van der Waals surface area (Å²) in [6, 6.07) is 16.8. The van der Waals surface area contributed by atoms with Gasteiger partial charge in [-0.15, -0.1) is 0 Å². The van der Waals surface area contributed by atoms with Crippen LogP contribution in [0.3, 0.4) is 0 Å². The van der Waals surface area contributed by atoms with Crippen molar-refractivity contribution in [3.05, 3.63) is 75.9 Å². The fourth-order valence-corrected chi connectivity index (χ4v) is 5.45. The third-order valence-electron chi connectivity index (χ3n) is 6.57. The first kappa shape index (κ1) is 23.0. The molecule has 0 radical (unpaired) electrons. The fourth-order valence-electron chi connectivity index (χ4n) is 5.02. The van der Waals surface area contributed by atoms with Crippen LogP contribution in [-0.2, 0) is 19.4 Å². The lowest BCUT2D eigenvalue weighted by Crippen LogP contribution is -3.00. The van der Waals surface area contributed by atoms with Crippen molar-refractivity contribution < 1.29 is 40.5 Å². The van der Waals surface area contributed by atoms with Crippen molar-refractivity contribution in [2.75, 3.05) is 21.0 Å². The number of methoxy groups -OCH3 is 2. The van der Waals surface area contributed by atoms with Gasteiger partial charge in [0.25, 0.3) is 0 Å². The van der Waals surface area contributed by atoms with Crippen LogP contribution in [-0.4, -0.2) is 21.0 Å². The first-order chi connectivity index (χ1) is 16.2. The summed E-state index contributed by atoms with van der Waals surface area (Å²) in [6.07, 6.45) is 3.90. The number of pyridine rings is 1. The molecule has 0 amide bonds. The second-order valence-corrected chi connectivity index (χ2v) is 9.15. The van der Waals surface area contributed by atoms with Crippen LogP contribution in [0.2, 0.25) is 0 Å². The van der Waals surface area contributed by atoms with Crippen LogP contribution >= 0.6 is 15.9 Å². The van der Waals surface area contributed by atoms with Gasteiger partial charge in [-0.2, -0.15) is 4.57 Å². The van der Waals surface area contributed by atoms with E-state index in [1.165, 1.54) is 27.9 Å². The number of nitrogens with zero attached hydrogens (tertiary/aromatic N) is 1. The molecule has 6 rings (SSSR count). The summed E-state index contributed by atoms with van der Waals surface area (Å²) < 4.78 is 26.3. The molecule has 0 fully saturated rings. The topological polar surface area (TPSA) is 40.8 Å². The van der Waals surface area contributed by atoms with Crippen molar-refractivity contribution in [2.24, 2.45) is 0 Å². The van der Waals surface area contributed by atoms with Crippen LogP contribution in [0.25, 0.3) is 22.0 Å². The summed E-state index contributed by atoms with van der Waals surface area (Å²) in [5.74, 6) is 3.13. The fraction of sp³-hybridized carbons (Fsp3) is 0.222. The zero-order valence-corrected chi connectivity index (χ0v) is 22.0. The number of aryl methyl sites for hydroxylation is 2. The normalized spacial score (nSPS) is 13.1. The first-order valence-corrected chi connectivity index (χ1v) is 11.7. The highest BCUT2D eigenvalue weighted by Gasteiger charge is 2.32. The number of rotatable bonds is 4. The average Bonchev–Trinajstić information content (AvgIpc) is 3.30. The van der Waals surface area contributed by atoms with Crippen molar-refractivity contribution in [3.63, 3.8) is 0 Å². The summed E-state index contributed by atoms with van der Waals surface area (Å²) in [5, 5.41) is 2.20. The molecule has 2 aliphatic heterocycles. The van der Waals surface area contributed by atoms with Crippen molar-refractivity contribution in [2.45, 2.75) is 19.4 Å². The standard InChI is InChI=1S/C27H23BrNO4.BrH/c1-30-23-8-7-18-20(11-17-5-3-4-6-22(17)28)26-19-13-25-24(32-15-33-25)12-16(19)9-10-29(26)14-21(18)27(23)31-2;/h3-8,12-14H,9-11,15H2,1-2H3;1H/q+1;/p-1. The maximum atomic E-state index is 5.82. The minimum atomic E-state index is 0. The van der Waals surface area contributed by atoms with Gasteiger partial charge in [0.2, 0.25) is 12.5 Å². The van der Waals surface area contributed by atoms with E-state index in [-0.39, 0.29) is 23.8 Å². The Morgan fingerprint density at radius 3 is 2.53 bits per heavy atom. The van der Waals surface area contributed by atoms with E-state index in [1.807, 2.05) is 12.1 Å². The van der Waals surface area contributed by atoms with Crippen LogP contribution in [0, 0.1) is 0 Å². The van der Waals surface area contributed by atoms with Crippen LogP contribution < -0.4 is 40.5 Å². The number of ether oxygens (including phenoxy) is 4. The molecule has 0 spiro atoms. The van der Waals surface area contributed by atoms with Gasteiger partial charge in [0.1, 0.15) is 0 Å². The summed E-state index contributed by atoms with van der Waals surface area (Å²) in [5.41, 5.74) is 6.18. The Hall–Kier alpha value is -2.77. The van der Waals surface area contributed by atoms with E-state index < -0.39 is 0 Å². The van der Waals surface area contributed by atoms with E-state index >= 15 is 0 Å². The van der Waals surface area contributed by atoms with E-state index in [4.69, 9.17) is 18.9 Å². The lowest BCUT2D eigenvalue weighted by atomic mass is 9.88. The van der Waals surface area contributed by atoms with Gasteiger partial charge in [0, 0.05) is 28.3 Å². The second kappa shape index (κ2) is 9.12. The highest BCUT2D eigenvalue weighted by molar-refractivity contribution is 9.10. The molecular formula is C27H23Br2NO4. The largest absolute Gasteiger partial charge is 1.00 e. The van der Waals surface area contributed by atoms with Gasteiger partial charge in [0.15, 0.2) is 35.7 Å². The molecule has 7 heteroatoms. The van der Waals surface area contributed by atoms with E-state index in [1.54, 1.807) is 14.2 Å². The van der Waals surface area contributed by atoms with Gasteiger partial charge >= 0.3 is 0 Å². The second-order valence-electron chi connectivity index (χ2n) is 8.29. The molecule has 3 aromatic carbocycles. The number of halogens is 2. The Morgan fingerprint density at radius 1 is 0.971 bits per heavy atom. The predicted molar refractivity (Wildman–Crippen MR) is 129 cm³/mol. The molecule has 2 aliphatic rings. The predicted octanol–water partition coefficient (Wildman–Crippen LogP) is 2.45. The van der Waals surface area contributed by atoms with Gasteiger partial charge < -0.3 is 35.9 Å². The van der Waals surface area contributed by atoms with E-state index in [0.29, 0.717) is 0 Å². The molecule has 174 valence electrons. The molecule has 34 heavy (non-hydrogen) atoms. The van der Waals surface area contributed by atoms with E-state index in [9.17, 15) is 0 Å². The van der Waals surface area contributed by atoms with Crippen LogP contribution in [0.4, 0.5) is 0 Å². The minimum Gasteiger partial charge on any atom is -1.00 e. The van der Waals surface area contributed by atoms with Gasteiger partial charge in [0.05, 0.1) is 25.2 Å². The number of hydrogen-bond acceptors (Lipinski definition) is 4. The minimum absolute atomic E-state index is 0. The van der Waals surface area contributed by atoms with E-state index in [0.717, 1.165) is 57.6 Å². The van der Waals surface area contributed by atoms with Gasteiger partial charge in [-0.3, -0.25) is 0 Å². The molecule has 4 aromatic rings. The maximum Gasteiger partial charge on any atom is 0.231 e. The van der Waals surface area contributed by atoms with Crippen LogP contribution in [0.15, 0.2) is 59.2 Å². The van der Waals surface area contributed by atoms with Crippen molar-refractivity contribution in [1.29, 1.82) is 0 Å². The molecule has 5 nitrogen and oxygen atoms in total. The molecule has 0 aliphatic carbocycles. The van der Waals surface area contributed by atoms with Crippen LogP contribution in [0.1, 0.15) is 16.7 Å². The molecular weight excluding hydrogens is 562 g/mol. The third-order valence-corrected chi connectivity index (χ3v) is 7.34. The molecule has 0 saturated heterocycles. The highest BCUT2D eigenvalue weighted by Crippen LogP contribution is 2.44. The van der Waals surface area contributed by atoms with Crippen molar-refractivity contribution in [1.82, 2.24) is 0 Å². The third kappa shape index (κ3) is 3.62. The van der Waals surface area contributed by atoms with E-state index in [2.05, 4.69) is 63.1 Å². The Kier molecular flexibility index (Phi) is 6.16. The maximum absolute atomic E-state index is 5.82. The zero-order valence-electron chi connectivity index (χ0n) is 18.9. The molecule has 3 heterocycles. The average molecular weight is 585 g/mol. The zero-order chi connectivity index (χ0) is 22.5. The van der Waals surface area contributed by atoms with Gasteiger partial charge in [-0.25, -0.2) is 0 Å². The molecule has 0 saturated carbocycles. The summed E-state index contributed by atoms with van der Waals surface area (Å²) >= 11 is 3.75. The Labute approximate surface area is 217 Å². The highest BCUT2D eigenvalue weighted by atomic mass is 79.9. The molecule has 0 bridgehead atoms. The smallest absolute Gasteiger partial charge is 0.231 e. The lowest BCUT2D eigenvalue weighted by molar-refractivity contribution is -0.686. The number of benzene rings is 3. The summed E-state index contributed by atoms with van der Waals surface area (Å²) in [6.45, 7) is 1.15. The van der Waals surface area contributed by atoms with Crippen LogP contribution in [0.5, 0.6) is 23.0 Å². The molecule has 0 unspecified atom stereocenters. The SMILES string of the molecule is COc1ccc2c(Cc3ccccc3Br)c3[n+](cc2c1OC)CCc1cc2c(cc1-3)OCO2.[Br-]. The number of hydrogen-bond donors (Lipinski definition) is 0. The number of aromatic nitrogens is 1. The molecule has 0 atom stereocenters. The number of fused-ring (bicyclic) bond motifs is 5. The first-order valence-electron chi connectivity index (χ1n) is 10.9. The van der Waals surface area contributed by atoms with Gasteiger partial charge in [-0.05, 0) is 41.5 Å². The molecule has 0 N–H and O–H groups in total. The molecule has 1 aromatic heterocycles. The monoisotopic (exact) mass is 583 g/mol. The van der Waals surface area contributed by atoms with Gasteiger partial charge in [-0.1, -0.05) is 34.1 Å². The van der Waals surface area contributed by atoms with Crippen molar-refractivity contribution in [3.8, 4) is 34.3 Å². The van der Waals surface area contributed by atoms with Crippen molar-refractivity contribution >= 4 is 26.7 Å². The Morgan fingerprint density at radius 2 is 1.76 bits per heavy atom.